The summed E-state index contributed by atoms with van der Waals surface area (Å²) < 4.78 is 0. The summed E-state index contributed by atoms with van der Waals surface area (Å²) in [6, 6.07) is 0. The van der Waals surface area contributed by atoms with Gasteiger partial charge in [-0.2, -0.15) is 0 Å². The molecule has 2 atom stereocenters. The molecule has 0 heterocycles. The molecular weight excluding hydrogens is 224 g/mol. The molecule has 18 heavy (non-hydrogen) atoms. The highest BCUT2D eigenvalue weighted by Gasteiger charge is 2.51. The van der Waals surface area contributed by atoms with Crippen molar-refractivity contribution in [2.24, 2.45) is 16.7 Å². The zero-order chi connectivity index (χ0) is 13.4. The minimum Gasteiger partial charge on any atom is -0.395 e. The molecule has 0 bridgehead atoms. The van der Waals surface area contributed by atoms with Crippen LogP contribution in [0.25, 0.3) is 0 Å². The van der Waals surface area contributed by atoms with Gasteiger partial charge in [-0.05, 0) is 36.3 Å². The van der Waals surface area contributed by atoms with Gasteiger partial charge in [-0.25, -0.2) is 0 Å². The molecule has 0 saturated heterocycles. The number of aliphatic hydroxyl groups excluding tert-OH is 1. The molecule has 98 valence electrons. The highest BCUT2D eigenvalue weighted by atomic mass is 16.3. The van der Waals surface area contributed by atoms with Gasteiger partial charge in [0, 0.05) is 11.3 Å². The van der Waals surface area contributed by atoms with E-state index in [1.54, 1.807) is 12.2 Å². The van der Waals surface area contributed by atoms with Crippen molar-refractivity contribution in [2.45, 2.75) is 33.1 Å². The minimum atomic E-state index is -0.274. The molecule has 2 nitrogen and oxygen atoms in total. The third-order valence-electron chi connectivity index (χ3n) is 4.79. The highest BCUT2D eigenvalue weighted by molar-refractivity contribution is 5.94. The van der Waals surface area contributed by atoms with Crippen molar-refractivity contribution in [3.05, 3.63) is 36.5 Å². The van der Waals surface area contributed by atoms with E-state index < -0.39 is 0 Å². The number of aliphatic hydroxyl groups is 1. The van der Waals surface area contributed by atoms with E-state index in [0.717, 1.165) is 18.4 Å². The van der Waals surface area contributed by atoms with Gasteiger partial charge in [-0.1, -0.05) is 32.1 Å². The summed E-state index contributed by atoms with van der Waals surface area (Å²) in [7, 11) is 0. The first-order valence-corrected chi connectivity index (χ1v) is 6.61. The molecular formula is C16H22O2. The SMILES string of the molecule is C=CCC1CC2(CO)C(=CC1=O)C=CCC2(C)C. The third-order valence-corrected chi connectivity index (χ3v) is 4.79. The number of hydrogen-bond acceptors (Lipinski definition) is 2. The number of fused-ring (bicyclic) bond motifs is 1. The lowest BCUT2D eigenvalue weighted by atomic mass is 9.52. The van der Waals surface area contributed by atoms with Crippen molar-refractivity contribution in [3.63, 3.8) is 0 Å². The van der Waals surface area contributed by atoms with Gasteiger partial charge in [0.05, 0.1) is 6.61 Å². The van der Waals surface area contributed by atoms with Crippen LogP contribution in [0.1, 0.15) is 33.1 Å². The van der Waals surface area contributed by atoms with Gasteiger partial charge in [-0.3, -0.25) is 4.79 Å². The maximum Gasteiger partial charge on any atom is 0.159 e. The maximum absolute atomic E-state index is 12.1. The Kier molecular flexibility index (Phi) is 3.33. The standard InChI is InChI=1S/C16H22O2/c1-4-6-12-10-16(11-17)13(9-14(12)18)7-5-8-15(16,2)3/h4-5,7,9,12,17H,1,6,8,10-11H2,2-3H3. The first kappa shape index (κ1) is 13.3. The van der Waals surface area contributed by atoms with Crippen LogP contribution in [-0.4, -0.2) is 17.5 Å². The van der Waals surface area contributed by atoms with Gasteiger partial charge in [0.2, 0.25) is 0 Å². The lowest BCUT2D eigenvalue weighted by molar-refractivity contribution is -0.121. The van der Waals surface area contributed by atoms with E-state index in [0.29, 0.717) is 6.42 Å². The lowest BCUT2D eigenvalue weighted by Crippen LogP contribution is -2.48. The second-order valence-electron chi connectivity index (χ2n) is 6.16. The molecule has 2 heteroatoms. The summed E-state index contributed by atoms with van der Waals surface area (Å²) in [6.07, 6.45) is 10.1. The van der Waals surface area contributed by atoms with Crippen molar-refractivity contribution in [1.29, 1.82) is 0 Å². The van der Waals surface area contributed by atoms with Crippen molar-refractivity contribution < 1.29 is 9.90 Å². The molecule has 0 aliphatic heterocycles. The van der Waals surface area contributed by atoms with Crippen molar-refractivity contribution in [3.8, 4) is 0 Å². The van der Waals surface area contributed by atoms with Crippen LogP contribution in [0.15, 0.2) is 36.5 Å². The molecule has 2 aliphatic rings. The van der Waals surface area contributed by atoms with Gasteiger partial charge >= 0.3 is 0 Å². The highest BCUT2D eigenvalue weighted by Crippen LogP contribution is 2.56. The van der Waals surface area contributed by atoms with Crippen molar-refractivity contribution in [2.75, 3.05) is 6.61 Å². The molecule has 2 rings (SSSR count). The number of rotatable bonds is 3. The predicted molar refractivity (Wildman–Crippen MR) is 73.1 cm³/mol. The fourth-order valence-corrected chi connectivity index (χ4v) is 3.37. The van der Waals surface area contributed by atoms with E-state index in [2.05, 4.69) is 26.5 Å². The normalized spacial score (nSPS) is 33.8. The van der Waals surface area contributed by atoms with Gasteiger partial charge in [-0.15, -0.1) is 6.58 Å². The molecule has 2 unspecified atom stereocenters. The molecule has 0 radical (unpaired) electrons. The van der Waals surface area contributed by atoms with Gasteiger partial charge in [0.1, 0.15) is 0 Å². The topological polar surface area (TPSA) is 37.3 Å². The number of ketones is 1. The number of hydrogen-bond donors (Lipinski definition) is 1. The van der Waals surface area contributed by atoms with Gasteiger partial charge in [0.15, 0.2) is 5.78 Å². The molecule has 1 N–H and O–H groups in total. The molecule has 0 aromatic rings. The average Bonchev–Trinajstić information content (AvgIpc) is 2.31. The molecule has 0 spiro atoms. The van der Waals surface area contributed by atoms with Crippen LogP contribution in [0.4, 0.5) is 0 Å². The van der Waals surface area contributed by atoms with Crippen LogP contribution >= 0.6 is 0 Å². The number of carbonyl (C=O) groups excluding carboxylic acids is 1. The maximum atomic E-state index is 12.1. The number of carbonyl (C=O) groups is 1. The molecule has 0 aromatic heterocycles. The second kappa shape index (κ2) is 4.51. The quantitative estimate of drug-likeness (QED) is 0.777. The fraction of sp³-hybridized carbons (Fsp3) is 0.562. The first-order chi connectivity index (χ1) is 8.47. The van der Waals surface area contributed by atoms with Crippen molar-refractivity contribution >= 4 is 5.78 Å². The van der Waals surface area contributed by atoms with Crippen LogP contribution in [0.5, 0.6) is 0 Å². The van der Waals surface area contributed by atoms with Gasteiger partial charge in [0.25, 0.3) is 0 Å². The van der Waals surface area contributed by atoms with E-state index in [1.165, 1.54) is 0 Å². The Balaban J connectivity index is 2.49. The summed E-state index contributed by atoms with van der Waals surface area (Å²) in [4.78, 5) is 12.1. The Bertz CT molecular complexity index is 428. The zero-order valence-electron chi connectivity index (χ0n) is 11.3. The molecule has 0 amide bonds. The summed E-state index contributed by atoms with van der Waals surface area (Å²) in [5.41, 5.74) is 0.720. The van der Waals surface area contributed by atoms with E-state index >= 15 is 0 Å². The van der Waals surface area contributed by atoms with Crippen molar-refractivity contribution in [1.82, 2.24) is 0 Å². The molecule has 0 saturated carbocycles. The lowest BCUT2D eigenvalue weighted by Gasteiger charge is -2.52. The second-order valence-corrected chi connectivity index (χ2v) is 6.16. The Hall–Kier alpha value is -1.15. The van der Waals surface area contributed by atoms with Crippen LogP contribution in [0.2, 0.25) is 0 Å². The third kappa shape index (κ3) is 1.79. The van der Waals surface area contributed by atoms with Crippen LogP contribution in [-0.2, 0) is 4.79 Å². The summed E-state index contributed by atoms with van der Waals surface area (Å²) in [5.74, 6) is 0.153. The predicted octanol–water partition coefficient (Wildman–Crippen LogP) is 3.04. The van der Waals surface area contributed by atoms with E-state index in [9.17, 15) is 9.90 Å². The van der Waals surface area contributed by atoms with Gasteiger partial charge < -0.3 is 5.11 Å². The van der Waals surface area contributed by atoms with E-state index in [4.69, 9.17) is 0 Å². The van der Waals surface area contributed by atoms with Crippen LogP contribution in [0.3, 0.4) is 0 Å². The zero-order valence-corrected chi connectivity index (χ0v) is 11.3. The Morgan fingerprint density at radius 3 is 2.89 bits per heavy atom. The Morgan fingerprint density at radius 2 is 2.28 bits per heavy atom. The summed E-state index contributed by atoms with van der Waals surface area (Å²) in [6.45, 7) is 8.20. The smallest absolute Gasteiger partial charge is 0.159 e. The van der Waals surface area contributed by atoms with Crippen LogP contribution in [0, 0.1) is 16.7 Å². The first-order valence-electron chi connectivity index (χ1n) is 6.61. The van der Waals surface area contributed by atoms with E-state index in [1.807, 2.05) is 6.08 Å². The largest absolute Gasteiger partial charge is 0.395 e. The molecule has 2 aliphatic carbocycles. The molecule has 0 fully saturated rings. The fourth-order valence-electron chi connectivity index (χ4n) is 3.37. The monoisotopic (exact) mass is 246 g/mol. The summed E-state index contributed by atoms with van der Waals surface area (Å²) >= 11 is 0. The molecule has 0 aromatic carbocycles. The average molecular weight is 246 g/mol. The Morgan fingerprint density at radius 1 is 1.56 bits per heavy atom. The minimum absolute atomic E-state index is 0.0115. The summed E-state index contributed by atoms with van der Waals surface area (Å²) in [5, 5.41) is 9.97. The van der Waals surface area contributed by atoms with E-state index in [-0.39, 0.29) is 29.1 Å². The Labute approximate surface area is 109 Å². The number of allylic oxidation sites excluding steroid dienone is 4. The van der Waals surface area contributed by atoms with Crippen LogP contribution < -0.4 is 0 Å².